The first-order valence-electron chi connectivity index (χ1n) is 13.1. The number of nitrogens with one attached hydrogen (secondary N) is 1. The van der Waals surface area contributed by atoms with Crippen LogP contribution in [0.5, 0.6) is 0 Å². The third-order valence-corrected chi connectivity index (χ3v) is 8.30. The molecule has 3 atom stereocenters. The van der Waals surface area contributed by atoms with E-state index in [4.69, 9.17) is 10.7 Å². The number of H-pyrrole nitrogens is 1. The van der Waals surface area contributed by atoms with Gasteiger partial charge in [-0.05, 0) is 57.4 Å². The normalized spacial score (nSPS) is 23.2. The summed E-state index contributed by atoms with van der Waals surface area (Å²) < 4.78 is 1.77. The van der Waals surface area contributed by atoms with Gasteiger partial charge >= 0.3 is 0 Å². The smallest absolute Gasteiger partial charge is 0.248 e. The van der Waals surface area contributed by atoms with Crippen molar-refractivity contribution in [1.82, 2.24) is 34.4 Å². The van der Waals surface area contributed by atoms with Gasteiger partial charge in [0.1, 0.15) is 18.1 Å². The standard InChI is InChI=1S/C27H30N8O2/c1-14-10-30-26(32-14)21-7-4-16(11-29-21)20-12-31-35-25(28)23(15-2-3-15)24(33-27(20)35)17-8-18-5-6-19(9-17)34(18)22(37)13-36/h4,7,10-12,15,17-19,36H,2-3,5-6,8-9,13,28H2,1H3,(H,30,32)/t17-,18+,19-. The van der Waals surface area contributed by atoms with Crippen LogP contribution in [0.3, 0.4) is 0 Å². The maximum Gasteiger partial charge on any atom is 0.248 e. The molecule has 0 aromatic carbocycles. The van der Waals surface area contributed by atoms with Gasteiger partial charge in [0.05, 0.1) is 11.9 Å². The molecule has 0 radical (unpaired) electrons. The second kappa shape index (κ2) is 8.37. The molecule has 0 spiro atoms. The quantitative estimate of drug-likeness (QED) is 0.384. The number of aliphatic hydroxyl groups excluding tert-OH is 1. The summed E-state index contributed by atoms with van der Waals surface area (Å²) in [5, 5.41) is 14.1. The Hall–Kier alpha value is -3.79. The molecule has 4 N–H and O–H groups in total. The predicted molar refractivity (Wildman–Crippen MR) is 138 cm³/mol. The lowest BCUT2D eigenvalue weighted by Crippen LogP contribution is -2.47. The van der Waals surface area contributed by atoms with E-state index in [0.29, 0.717) is 11.7 Å². The van der Waals surface area contributed by atoms with Crippen molar-refractivity contribution < 1.29 is 9.90 Å². The van der Waals surface area contributed by atoms with E-state index >= 15 is 0 Å². The molecule has 1 aliphatic carbocycles. The number of pyridine rings is 1. The lowest BCUT2D eigenvalue weighted by Gasteiger charge is -2.39. The van der Waals surface area contributed by atoms with Crippen LogP contribution in [-0.2, 0) is 4.79 Å². The molecule has 3 aliphatic rings. The lowest BCUT2D eigenvalue weighted by molar-refractivity contribution is -0.138. The van der Waals surface area contributed by atoms with Crippen LogP contribution in [0.15, 0.2) is 30.7 Å². The molecule has 0 unspecified atom stereocenters. The maximum absolute atomic E-state index is 12.4. The second-order valence-electron chi connectivity index (χ2n) is 10.7. The Morgan fingerprint density at radius 1 is 1.08 bits per heavy atom. The average molecular weight is 499 g/mol. The molecule has 10 heteroatoms. The van der Waals surface area contributed by atoms with E-state index < -0.39 is 6.61 Å². The summed E-state index contributed by atoms with van der Waals surface area (Å²) in [6.45, 7) is 1.54. The lowest BCUT2D eigenvalue weighted by atomic mass is 9.85. The number of amides is 1. The molecule has 1 amide bonds. The van der Waals surface area contributed by atoms with E-state index in [-0.39, 0.29) is 23.9 Å². The summed E-state index contributed by atoms with van der Waals surface area (Å²) in [7, 11) is 0. The van der Waals surface area contributed by atoms with E-state index in [9.17, 15) is 9.90 Å². The van der Waals surface area contributed by atoms with E-state index in [2.05, 4.69) is 20.1 Å². The van der Waals surface area contributed by atoms with Gasteiger partial charge < -0.3 is 20.7 Å². The van der Waals surface area contributed by atoms with Gasteiger partial charge in [-0.15, -0.1) is 0 Å². The molecule has 10 nitrogen and oxygen atoms in total. The number of rotatable bonds is 5. The zero-order valence-corrected chi connectivity index (χ0v) is 20.8. The molecule has 6 heterocycles. The second-order valence-corrected chi connectivity index (χ2v) is 10.7. The molecule has 7 rings (SSSR count). The van der Waals surface area contributed by atoms with Crippen LogP contribution in [0, 0.1) is 6.92 Å². The Balaban J connectivity index is 1.28. The van der Waals surface area contributed by atoms with E-state index in [1.54, 1.807) is 10.7 Å². The number of imidazole rings is 1. The number of carbonyl (C=O) groups excluding carboxylic acids is 1. The number of carbonyl (C=O) groups is 1. The van der Waals surface area contributed by atoms with Crippen LogP contribution in [-0.4, -0.2) is 64.2 Å². The minimum Gasteiger partial charge on any atom is -0.387 e. The maximum atomic E-state index is 12.4. The first-order valence-corrected chi connectivity index (χ1v) is 13.1. The summed E-state index contributed by atoms with van der Waals surface area (Å²) in [5.74, 6) is 1.91. The van der Waals surface area contributed by atoms with Crippen LogP contribution in [0.25, 0.3) is 28.3 Å². The molecule has 2 bridgehead atoms. The summed E-state index contributed by atoms with van der Waals surface area (Å²) >= 11 is 0. The molecule has 2 aliphatic heterocycles. The van der Waals surface area contributed by atoms with E-state index in [1.165, 1.54) is 0 Å². The zero-order chi connectivity index (χ0) is 25.3. The minimum atomic E-state index is -0.423. The van der Waals surface area contributed by atoms with Gasteiger partial charge in [0.2, 0.25) is 5.91 Å². The number of anilines is 1. The highest BCUT2D eigenvalue weighted by Gasteiger charge is 2.45. The van der Waals surface area contributed by atoms with Crippen LogP contribution in [0.2, 0.25) is 0 Å². The van der Waals surface area contributed by atoms with Crippen molar-refractivity contribution in [3.8, 4) is 22.6 Å². The highest BCUT2D eigenvalue weighted by molar-refractivity contribution is 5.80. The van der Waals surface area contributed by atoms with Gasteiger partial charge in [-0.25, -0.2) is 9.97 Å². The SMILES string of the molecule is Cc1cnc(-c2ccc(-c3cnn4c(N)c(C5CC5)c([C@H]5C[C@H]6CC[C@@H](C5)N6C(=O)CO)nc34)cn2)[nH]1. The fourth-order valence-electron chi connectivity index (χ4n) is 6.48. The van der Waals surface area contributed by atoms with Gasteiger partial charge in [-0.1, -0.05) is 6.07 Å². The third-order valence-electron chi connectivity index (χ3n) is 8.30. The fraction of sp³-hybridized carbons (Fsp3) is 0.444. The number of aliphatic hydroxyl groups is 1. The number of aryl methyl sites for hydroxylation is 1. The molecule has 37 heavy (non-hydrogen) atoms. The van der Waals surface area contributed by atoms with Gasteiger partial charge in [0, 0.05) is 52.8 Å². The van der Waals surface area contributed by atoms with E-state index in [0.717, 1.165) is 83.8 Å². The Labute approximate surface area is 214 Å². The number of nitrogen functional groups attached to an aromatic ring is 1. The zero-order valence-electron chi connectivity index (χ0n) is 20.8. The topological polar surface area (TPSA) is 138 Å². The number of hydrogen-bond donors (Lipinski definition) is 3. The summed E-state index contributed by atoms with van der Waals surface area (Å²) in [6.07, 6.45) is 11.3. The minimum absolute atomic E-state index is 0.154. The number of piperidine rings is 1. The number of hydrogen-bond acceptors (Lipinski definition) is 7. The molecular formula is C27H30N8O2. The molecule has 4 aromatic rings. The summed E-state index contributed by atoms with van der Waals surface area (Å²) in [6, 6.07) is 4.27. The van der Waals surface area contributed by atoms with Gasteiger partial charge in [0.15, 0.2) is 11.5 Å². The summed E-state index contributed by atoms with van der Waals surface area (Å²) in [5.41, 5.74) is 13.3. The first-order chi connectivity index (χ1) is 18.0. The van der Waals surface area contributed by atoms with Gasteiger partial charge in [-0.3, -0.25) is 9.78 Å². The third kappa shape index (κ3) is 3.61. The Morgan fingerprint density at radius 3 is 2.49 bits per heavy atom. The van der Waals surface area contributed by atoms with Crippen molar-refractivity contribution >= 4 is 17.4 Å². The fourth-order valence-corrected chi connectivity index (χ4v) is 6.48. The summed E-state index contributed by atoms with van der Waals surface area (Å²) in [4.78, 5) is 31.8. The number of aromatic amines is 1. The van der Waals surface area contributed by atoms with Crippen molar-refractivity contribution in [2.45, 2.75) is 69.4 Å². The number of fused-ring (bicyclic) bond motifs is 3. The van der Waals surface area contributed by atoms with Gasteiger partial charge in [-0.2, -0.15) is 9.61 Å². The van der Waals surface area contributed by atoms with Crippen molar-refractivity contribution in [3.63, 3.8) is 0 Å². The Bertz CT molecular complexity index is 1490. The first kappa shape index (κ1) is 22.4. The van der Waals surface area contributed by atoms with Crippen LogP contribution in [0.1, 0.15) is 67.3 Å². The Kier molecular flexibility index (Phi) is 5.07. The Morgan fingerprint density at radius 2 is 1.86 bits per heavy atom. The molecule has 190 valence electrons. The van der Waals surface area contributed by atoms with Crippen molar-refractivity contribution in [1.29, 1.82) is 0 Å². The predicted octanol–water partition coefficient (Wildman–Crippen LogP) is 3.18. The number of aromatic nitrogens is 6. The van der Waals surface area contributed by atoms with Crippen LogP contribution < -0.4 is 5.73 Å². The molecular weight excluding hydrogens is 468 g/mol. The van der Waals surface area contributed by atoms with Crippen molar-refractivity contribution in [3.05, 3.63) is 47.7 Å². The number of nitrogens with two attached hydrogens (primary N) is 1. The monoisotopic (exact) mass is 498 g/mol. The average Bonchev–Trinajstić information content (AvgIpc) is 3.40. The molecule has 4 aromatic heterocycles. The van der Waals surface area contributed by atoms with Gasteiger partial charge in [0.25, 0.3) is 0 Å². The largest absolute Gasteiger partial charge is 0.387 e. The van der Waals surface area contributed by atoms with E-state index in [1.807, 2.05) is 36.4 Å². The van der Waals surface area contributed by atoms with Crippen molar-refractivity contribution in [2.75, 3.05) is 12.3 Å². The molecule has 3 fully saturated rings. The van der Waals surface area contributed by atoms with Crippen LogP contribution in [0.4, 0.5) is 5.82 Å². The molecule has 1 saturated carbocycles. The van der Waals surface area contributed by atoms with Crippen molar-refractivity contribution in [2.24, 2.45) is 0 Å². The highest BCUT2D eigenvalue weighted by Crippen LogP contribution is 2.50. The number of nitrogens with zero attached hydrogens (tertiary/aromatic N) is 6. The van der Waals surface area contributed by atoms with Crippen LogP contribution >= 0.6 is 0 Å². The highest BCUT2D eigenvalue weighted by atomic mass is 16.3. The molecule has 2 saturated heterocycles.